The Bertz CT molecular complexity index is 1670. The third-order valence-electron chi connectivity index (χ3n) is 6.20. The zero-order chi connectivity index (χ0) is 23.6. The van der Waals surface area contributed by atoms with E-state index in [-0.39, 0.29) is 17.1 Å². The van der Waals surface area contributed by atoms with E-state index >= 15 is 0 Å². The van der Waals surface area contributed by atoms with Crippen molar-refractivity contribution < 1.29 is 13.9 Å². The zero-order valence-electron chi connectivity index (χ0n) is 18.8. The molecule has 3 heterocycles. The number of methoxy groups -OCH3 is 1. The van der Waals surface area contributed by atoms with Crippen molar-refractivity contribution in [2.75, 3.05) is 12.0 Å². The predicted molar refractivity (Wildman–Crippen MR) is 133 cm³/mol. The summed E-state index contributed by atoms with van der Waals surface area (Å²) < 4.78 is 12.3. The van der Waals surface area contributed by atoms with Gasteiger partial charge in [-0.1, -0.05) is 41.2 Å². The lowest BCUT2D eigenvalue weighted by molar-refractivity contribution is 0.0971. The Morgan fingerprint density at radius 1 is 0.971 bits per heavy atom. The quantitative estimate of drug-likeness (QED) is 0.336. The lowest BCUT2D eigenvalue weighted by Crippen LogP contribution is -2.29. The summed E-state index contributed by atoms with van der Waals surface area (Å²) in [5, 5.41) is 0.990. The van der Waals surface area contributed by atoms with Crippen LogP contribution in [0.1, 0.15) is 38.9 Å². The van der Waals surface area contributed by atoms with Gasteiger partial charge in [-0.2, -0.15) is 0 Å². The number of aryl methyl sites for hydroxylation is 2. The van der Waals surface area contributed by atoms with Crippen LogP contribution in [-0.4, -0.2) is 18.0 Å². The van der Waals surface area contributed by atoms with Crippen LogP contribution in [0.5, 0.6) is 5.75 Å². The van der Waals surface area contributed by atoms with Crippen molar-refractivity contribution in [1.29, 1.82) is 0 Å². The van der Waals surface area contributed by atoms with Crippen molar-refractivity contribution in [3.63, 3.8) is 0 Å². The second-order valence-corrected chi connectivity index (χ2v) is 9.50. The Balaban J connectivity index is 1.62. The molecule has 6 nitrogen and oxygen atoms in total. The van der Waals surface area contributed by atoms with Gasteiger partial charge in [0.25, 0.3) is 5.91 Å². The summed E-state index contributed by atoms with van der Waals surface area (Å²) in [5.74, 6) is 0.389. The van der Waals surface area contributed by atoms with E-state index in [0.717, 1.165) is 26.9 Å². The van der Waals surface area contributed by atoms with Crippen LogP contribution >= 0.6 is 11.3 Å². The Morgan fingerprint density at radius 2 is 1.71 bits per heavy atom. The number of rotatable bonds is 3. The summed E-state index contributed by atoms with van der Waals surface area (Å²) in [5.41, 5.74) is 4.19. The van der Waals surface area contributed by atoms with Crippen molar-refractivity contribution in [3.05, 3.63) is 98.9 Å². The van der Waals surface area contributed by atoms with E-state index in [9.17, 15) is 9.59 Å². The van der Waals surface area contributed by atoms with Gasteiger partial charge in [-0.3, -0.25) is 14.5 Å². The highest BCUT2D eigenvalue weighted by atomic mass is 32.1. The number of carbonyl (C=O) groups excluding carboxylic acids is 1. The third-order valence-corrected chi connectivity index (χ3v) is 7.21. The number of benzene rings is 3. The Morgan fingerprint density at radius 3 is 2.47 bits per heavy atom. The van der Waals surface area contributed by atoms with E-state index < -0.39 is 6.04 Å². The second kappa shape index (κ2) is 7.53. The van der Waals surface area contributed by atoms with Crippen LogP contribution in [0.25, 0.3) is 21.2 Å². The van der Waals surface area contributed by atoms with Gasteiger partial charge in [0.15, 0.2) is 10.6 Å². The van der Waals surface area contributed by atoms with Crippen molar-refractivity contribution >= 4 is 43.6 Å². The van der Waals surface area contributed by atoms with Gasteiger partial charge in [0, 0.05) is 0 Å². The zero-order valence-corrected chi connectivity index (χ0v) is 19.6. The monoisotopic (exact) mass is 468 g/mol. The van der Waals surface area contributed by atoms with Gasteiger partial charge in [-0.05, 0) is 61.4 Å². The number of carbonyl (C=O) groups is 1. The first kappa shape index (κ1) is 20.6. The van der Waals surface area contributed by atoms with E-state index in [1.54, 1.807) is 24.1 Å². The fourth-order valence-electron chi connectivity index (χ4n) is 4.51. The average molecular weight is 469 g/mol. The minimum Gasteiger partial charge on any atom is -0.497 e. The molecule has 0 N–H and O–H groups in total. The fourth-order valence-corrected chi connectivity index (χ4v) is 5.60. The topological polar surface area (TPSA) is 72.6 Å². The second-order valence-electron chi connectivity index (χ2n) is 8.49. The van der Waals surface area contributed by atoms with Gasteiger partial charge in [-0.15, -0.1) is 0 Å². The largest absolute Gasteiger partial charge is 0.497 e. The van der Waals surface area contributed by atoms with Crippen LogP contribution in [0.2, 0.25) is 0 Å². The summed E-state index contributed by atoms with van der Waals surface area (Å²) in [6.45, 7) is 3.94. The highest BCUT2D eigenvalue weighted by Gasteiger charge is 2.45. The van der Waals surface area contributed by atoms with Crippen LogP contribution < -0.4 is 15.1 Å². The van der Waals surface area contributed by atoms with Crippen LogP contribution in [0.15, 0.2) is 69.9 Å². The number of hydrogen-bond acceptors (Lipinski definition) is 6. The van der Waals surface area contributed by atoms with Crippen molar-refractivity contribution in [1.82, 2.24) is 4.98 Å². The molecule has 0 fully saturated rings. The molecule has 6 rings (SSSR count). The van der Waals surface area contributed by atoms with Gasteiger partial charge >= 0.3 is 0 Å². The molecule has 0 unspecified atom stereocenters. The fraction of sp³-hybridized carbons (Fsp3) is 0.148. The van der Waals surface area contributed by atoms with E-state index in [0.29, 0.717) is 27.4 Å². The van der Waals surface area contributed by atoms with Gasteiger partial charge < -0.3 is 9.15 Å². The molecule has 2 aromatic heterocycles. The van der Waals surface area contributed by atoms with Crippen molar-refractivity contribution in [2.45, 2.75) is 19.9 Å². The van der Waals surface area contributed by atoms with E-state index in [1.807, 2.05) is 62.4 Å². The van der Waals surface area contributed by atoms with Crippen LogP contribution in [0, 0.1) is 13.8 Å². The molecule has 0 saturated heterocycles. The number of ether oxygens (including phenoxy) is 1. The highest BCUT2D eigenvalue weighted by molar-refractivity contribution is 7.22. The normalized spacial score (nSPS) is 15.3. The van der Waals surface area contributed by atoms with Gasteiger partial charge in [0.1, 0.15) is 11.3 Å². The number of amides is 1. The van der Waals surface area contributed by atoms with E-state index in [2.05, 4.69) is 0 Å². The Hall–Kier alpha value is -3.97. The third kappa shape index (κ3) is 3.04. The molecule has 5 aromatic rings. The van der Waals surface area contributed by atoms with Crippen LogP contribution in [-0.2, 0) is 0 Å². The highest BCUT2D eigenvalue weighted by Crippen LogP contribution is 2.44. The SMILES string of the molecule is COc1ccc([C@H]2c3c(oc4ccc(C)cc4c3=O)C(=O)N2c2nc3ccc(C)cc3s2)cc1. The molecule has 168 valence electrons. The lowest BCUT2D eigenvalue weighted by atomic mass is 9.98. The van der Waals surface area contributed by atoms with Gasteiger partial charge in [0.05, 0.1) is 34.3 Å². The number of hydrogen-bond donors (Lipinski definition) is 0. The predicted octanol–water partition coefficient (Wildman–Crippen LogP) is 5.78. The van der Waals surface area contributed by atoms with Crippen LogP contribution in [0.3, 0.4) is 0 Å². The molecular weight excluding hydrogens is 448 g/mol. The first-order chi connectivity index (χ1) is 16.4. The Kier molecular flexibility index (Phi) is 4.57. The molecule has 0 saturated carbocycles. The van der Waals surface area contributed by atoms with E-state index in [1.165, 1.54) is 11.3 Å². The number of aromatic nitrogens is 1. The maximum Gasteiger partial charge on any atom is 0.297 e. The smallest absolute Gasteiger partial charge is 0.297 e. The molecule has 0 aliphatic carbocycles. The minimum absolute atomic E-state index is 0.0672. The molecule has 0 bridgehead atoms. The van der Waals surface area contributed by atoms with Crippen molar-refractivity contribution in [2.24, 2.45) is 0 Å². The van der Waals surface area contributed by atoms with Crippen molar-refractivity contribution in [3.8, 4) is 5.75 Å². The maximum absolute atomic E-state index is 13.7. The standard InChI is InChI=1S/C27H20N2O4S/c1-14-5-11-20-18(12-14)24(30)22-23(16-6-8-17(32-3)9-7-16)29(26(31)25(22)33-20)27-28-19-10-4-15(2)13-21(19)34-27/h4-13,23H,1-3H3/t23-/m0/s1. The summed E-state index contributed by atoms with van der Waals surface area (Å²) in [7, 11) is 1.60. The van der Waals surface area contributed by atoms with Crippen LogP contribution in [0.4, 0.5) is 5.13 Å². The lowest BCUT2D eigenvalue weighted by Gasteiger charge is -2.22. The maximum atomic E-state index is 13.7. The number of thiazole rings is 1. The Labute approximate surface area is 199 Å². The molecule has 1 aliphatic rings. The summed E-state index contributed by atoms with van der Waals surface area (Å²) in [4.78, 5) is 33.8. The summed E-state index contributed by atoms with van der Waals surface area (Å²) in [6.07, 6.45) is 0. The molecular formula is C27H20N2O4S. The minimum atomic E-state index is -0.656. The molecule has 1 atom stereocenters. The average Bonchev–Trinajstić information content (AvgIpc) is 3.38. The van der Waals surface area contributed by atoms with E-state index in [4.69, 9.17) is 14.1 Å². The molecule has 7 heteroatoms. The van der Waals surface area contributed by atoms with Gasteiger partial charge in [0.2, 0.25) is 5.76 Å². The number of nitrogens with zero attached hydrogens (tertiary/aromatic N) is 2. The van der Waals surface area contributed by atoms with Gasteiger partial charge in [-0.25, -0.2) is 4.98 Å². The molecule has 0 radical (unpaired) electrons. The number of fused-ring (bicyclic) bond motifs is 3. The summed E-state index contributed by atoms with van der Waals surface area (Å²) >= 11 is 1.43. The molecule has 3 aromatic carbocycles. The molecule has 0 spiro atoms. The summed E-state index contributed by atoms with van der Waals surface area (Å²) in [6, 6.07) is 18.1. The molecule has 34 heavy (non-hydrogen) atoms. The first-order valence-electron chi connectivity index (χ1n) is 10.9. The first-order valence-corrected chi connectivity index (χ1v) is 11.7. The molecule has 1 amide bonds. The number of anilines is 1. The molecule has 1 aliphatic heterocycles.